The van der Waals surface area contributed by atoms with Crippen LogP contribution in [0.1, 0.15) is 50.7 Å². The molecule has 114 valence electrons. The smallest absolute Gasteiger partial charge is 0.122 e. The molecule has 1 aromatic carbocycles. The van der Waals surface area contributed by atoms with Gasteiger partial charge in [-0.2, -0.15) is 0 Å². The van der Waals surface area contributed by atoms with Gasteiger partial charge in [-0.05, 0) is 57.2 Å². The molecule has 1 aromatic rings. The Morgan fingerprint density at radius 1 is 1.25 bits per heavy atom. The quantitative estimate of drug-likeness (QED) is 0.750. The zero-order valence-corrected chi connectivity index (χ0v) is 13.0. The van der Waals surface area contributed by atoms with E-state index in [4.69, 9.17) is 4.74 Å². The molecule has 0 spiro atoms. The third-order valence-electron chi connectivity index (χ3n) is 3.77. The van der Waals surface area contributed by atoms with Crippen molar-refractivity contribution in [2.45, 2.75) is 58.2 Å². The summed E-state index contributed by atoms with van der Waals surface area (Å²) in [6.07, 6.45) is 0.418. The second-order valence-corrected chi connectivity index (χ2v) is 6.03. The van der Waals surface area contributed by atoms with Gasteiger partial charge in [-0.1, -0.05) is 6.92 Å². The Kier molecular flexibility index (Phi) is 5.42. The lowest BCUT2D eigenvalue weighted by Crippen LogP contribution is -2.35. The van der Waals surface area contributed by atoms with Gasteiger partial charge in [-0.3, -0.25) is 0 Å². The SMILES string of the molecule is COc1cc(C)c(O)cc1[C@H](C)CC[C@H](O)C(C)(C)O. The summed E-state index contributed by atoms with van der Waals surface area (Å²) in [7, 11) is 1.60. The van der Waals surface area contributed by atoms with Gasteiger partial charge >= 0.3 is 0 Å². The summed E-state index contributed by atoms with van der Waals surface area (Å²) < 4.78 is 5.35. The highest BCUT2D eigenvalue weighted by atomic mass is 16.5. The Morgan fingerprint density at radius 2 is 1.85 bits per heavy atom. The second kappa shape index (κ2) is 6.46. The Labute approximate surface area is 121 Å². The van der Waals surface area contributed by atoms with Gasteiger partial charge in [0.15, 0.2) is 0 Å². The van der Waals surface area contributed by atoms with Crippen LogP contribution in [-0.2, 0) is 0 Å². The van der Waals surface area contributed by atoms with Crippen molar-refractivity contribution in [1.29, 1.82) is 0 Å². The molecule has 0 radical (unpaired) electrons. The molecule has 0 fully saturated rings. The fraction of sp³-hybridized carbons (Fsp3) is 0.625. The molecule has 0 aliphatic carbocycles. The highest BCUT2D eigenvalue weighted by Crippen LogP contribution is 2.35. The lowest BCUT2D eigenvalue weighted by atomic mass is 9.89. The average molecular weight is 282 g/mol. The van der Waals surface area contributed by atoms with E-state index >= 15 is 0 Å². The lowest BCUT2D eigenvalue weighted by molar-refractivity contribution is -0.0525. The maximum Gasteiger partial charge on any atom is 0.122 e. The Morgan fingerprint density at radius 3 is 2.35 bits per heavy atom. The van der Waals surface area contributed by atoms with Gasteiger partial charge in [0.2, 0.25) is 0 Å². The molecule has 0 saturated carbocycles. The van der Waals surface area contributed by atoms with Crippen molar-refractivity contribution in [3.05, 3.63) is 23.3 Å². The topological polar surface area (TPSA) is 69.9 Å². The number of aliphatic hydroxyl groups is 2. The molecule has 0 heterocycles. The van der Waals surface area contributed by atoms with Crippen LogP contribution in [0.2, 0.25) is 0 Å². The predicted molar refractivity (Wildman–Crippen MR) is 79.3 cm³/mol. The standard InChI is InChI=1S/C16H26O4/c1-10(6-7-15(18)16(3,4)19)12-9-13(17)11(2)8-14(12)20-5/h8-10,15,17-19H,6-7H2,1-5H3/t10-,15+/m1/s1. The minimum Gasteiger partial charge on any atom is -0.508 e. The number of phenolic OH excluding ortho intramolecular Hbond substituents is 1. The molecule has 4 nitrogen and oxygen atoms in total. The number of hydrogen-bond acceptors (Lipinski definition) is 4. The number of aliphatic hydroxyl groups excluding tert-OH is 1. The normalized spacial score (nSPS) is 14.9. The minimum absolute atomic E-state index is 0.119. The molecular weight excluding hydrogens is 256 g/mol. The maximum atomic E-state index is 9.88. The van der Waals surface area contributed by atoms with E-state index in [-0.39, 0.29) is 11.7 Å². The summed E-state index contributed by atoms with van der Waals surface area (Å²) in [6, 6.07) is 3.53. The van der Waals surface area contributed by atoms with Gasteiger partial charge in [-0.15, -0.1) is 0 Å². The monoisotopic (exact) mass is 282 g/mol. The van der Waals surface area contributed by atoms with Crippen molar-refractivity contribution in [3.8, 4) is 11.5 Å². The van der Waals surface area contributed by atoms with Gasteiger partial charge < -0.3 is 20.1 Å². The van der Waals surface area contributed by atoms with Crippen molar-refractivity contribution in [2.75, 3.05) is 7.11 Å². The molecule has 0 aliphatic rings. The number of methoxy groups -OCH3 is 1. The van der Waals surface area contributed by atoms with E-state index in [0.29, 0.717) is 12.8 Å². The molecule has 0 saturated heterocycles. The number of hydrogen-bond donors (Lipinski definition) is 3. The number of benzene rings is 1. The first-order chi connectivity index (χ1) is 9.16. The van der Waals surface area contributed by atoms with E-state index in [1.54, 1.807) is 27.0 Å². The number of phenols is 1. The Hall–Kier alpha value is -1.26. The third kappa shape index (κ3) is 4.12. The van der Waals surface area contributed by atoms with E-state index in [1.165, 1.54) is 0 Å². The van der Waals surface area contributed by atoms with Crippen LogP contribution in [0.4, 0.5) is 0 Å². The molecule has 20 heavy (non-hydrogen) atoms. The summed E-state index contributed by atoms with van der Waals surface area (Å²) in [5.74, 6) is 1.11. The van der Waals surface area contributed by atoms with Crippen LogP contribution in [0, 0.1) is 6.92 Å². The second-order valence-electron chi connectivity index (χ2n) is 6.03. The van der Waals surface area contributed by atoms with Crippen LogP contribution in [0.15, 0.2) is 12.1 Å². The van der Waals surface area contributed by atoms with E-state index < -0.39 is 11.7 Å². The fourth-order valence-corrected chi connectivity index (χ4v) is 2.16. The van der Waals surface area contributed by atoms with Crippen LogP contribution < -0.4 is 4.74 Å². The van der Waals surface area contributed by atoms with Crippen molar-refractivity contribution in [1.82, 2.24) is 0 Å². The summed E-state index contributed by atoms with van der Waals surface area (Å²) in [5.41, 5.74) is 0.590. The molecule has 1 rings (SSSR count). The zero-order chi connectivity index (χ0) is 15.5. The van der Waals surface area contributed by atoms with E-state index in [0.717, 1.165) is 16.9 Å². The van der Waals surface area contributed by atoms with Gasteiger partial charge in [-0.25, -0.2) is 0 Å². The zero-order valence-electron chi connectivity index (χ0n) is 13.0. The molecule has 0 bridgehead atoms. The van der Waals surface area contributed by atoms with Crippen molar-refractivity contribution in [2.24, 2.45) is 0 Å². The van der Waals surface area contributed by atoms with Gasteiger partial charge in [0.25, 0.3) is 0 Å². The summed E-state index contributed by atoms with van der Waals surface area (Å²) in [4.78, 5) is 0. The summed E-state index contributed by atoms with van der Waals surface area (Å²) in [6.45, 7) is 7.04. The van der Waals surface area contributed by atoms with Crippen molar-refractivity contribution in [3.63, 3.8) is 0 Å². The molecule has 2 atom stereocenters. The number of aromatic hydroxyl groups is 1. The number of ether oxygens (including phenoxy) is 1. The van der Waals surface area contributed by atoms with Gasteiger partial charge in [0.1, 0.15) is 11.5 Å². The predicted octanol–water partition coefficient (Wildman–Crippen LogP) is 2.72. The molecule has 0 amide bonds. The van der Waals surface area contributed by atoms with Gasteiger partial charge in [0, 0.05) is 5.56 Å². The van der Waals surface area contributed by atoms with Crippen LogP contribution in [0.3, 0.4) is 0 Å². The third-order valence-corrected chi connectivity index (χ3v) is 3.77. The fourth-order valence-electron chi connectivity index (χ4n) is 2.16. The molecule has 4 heteroatoms. The van der Waals surface area contributed by atoms with Gasteiger partial charge in [0.05, 0.1) is 18.8 Å². The number of rotatable bonds is 6. The van der Waals surface area contributed by atoms with Crippen LogP contribution >= 0.6 is 0 Å². The maximum absolute atomic E-state index is 9.88. The largest absolute Gasteiger partial charge is 0.508 e. The van der Waals surface area contributed by atoms with E-state index in [9.17, 15) is 15.3 Å². The molecule has 0 aliphatic heterocycles. The highest BCUT2D eigenvalue weighted by molar-refractivity contribution is 5.46. The highest BCUT2D eigenvalue weighted by Gasteiger charge is 2.25. The average Bonchev–Trinajstić information content (AvgIpc) is 2.36. The van der Waals surface area contributed by atoms with E-state index in [2.05, 4.69) is 0 Å². The van der Waals surface area contributed by atoms with Crippen LogP contribution in [0.5, 0.6) is 11.5 Å². The Balaban J connectivity index is 2.82. The molecular formula is C16H26O4. The first-order valence-corrected chi connectivity index (χ1v) is 6.94. The summed E-state index contributed by atoms with van der Waals surface area (Å²) >= 11 is 0. The van der Waals surface area contributed by atoms with Crippen molar-refractivity contribution < 1.29 is 20.1 Å². The molecule has 0 unspecified atom stereocenters. The molecule has 3 N–H and O–H groups in total. The minimum atomic E-state index is -1.10. The first kappa shape index (κ1) is 16.8. The molecule has 0 aromatic heterocycles. The lowest BCUT2D eigenvalue weighted by Gasteiger charge is -2.26. The van der Waals surface area contributed by atoms with Crippen molar-refractivity contribution >= 4 is 0 Å². The first-order valence-electron chi connectivity index (χ1n) is 6.94. The van der Waals surface area contributed by atoms with Crippen LogP contribution in [0.25, 0.3) is 0 Å². The number of aryl methyl sites for hydroxylation is 1. The Bertz CT molecular complexity index is 449. The van der Waals surface area contributed by atoms with Crippen LogP contribution in [-0.4, -0.2) is 34.1 Å². The summed E-state index contributed by atoms with van der Waals surface area (Å²) in [5, 5.41) is 29.4. The van der Waals surface area contributed by atoms with E-state index in [1.807, 2.05) is 19.9 Å².